The lowest BCUT2D eigenvalue weighted by molar-refractivity contribution is -0.260. The Kier molecular flexibility index (Phi) is 4.63. The summed E-state index contributed by atoms with van der Waals surface area (Å²) in [5.74, 6) is -4.99. The van der Waals surface area contributed by atoms with Crippen LogP contribution >= 0.6 is 0 Å². The molecule has 0 radical (unpaired) electrons. The summed E-state index contributed by atoms with van der Waals surface area (Å²) in [6, 6.07) is 1.89. The first-order valence-corrected chi connectivity index (χ1v) is 5.70. The molecule has 0 bridgehead atoms. The Morgan fingerprint density at radius 3 is 1.89 bits per heavy atom. The molecule has 1 rings (SSSR count). The van der Waals surface area contributed by atoms with Gasteiger partial charge in [0, 0.05) is 16.7 Å². The molecule has 0 atom stereocenters. The van der Waals surface area contributed by atoms with E-state index in [4.69, 9.17) is 0 Å². The molecule has 0 saturated carbocycles. The molecular weight excluding hydrogens is 252 g/mol. The molecule has 0 amide bonds. The lowest BCUT2D eigenvalue weighted by Crippen LogP contribution is -2.33. The molecular formula is C13H11O6-3. The van der Waals surface area contributed by atoms with Crippen molar-refractivity contribution in [3.8, 4) is 0 Å². The minimum atomic E-state index is -1.74. The number of hydrogen-bond donors (Lipinski definition) is 0. The standard InChI is InChI=1S/C13H14O6/c1-2-3-4-7-8(11(14)15)5-6-9(12(16)17)10(7)13(18)19/h5-6H,2-4H2,1H3,(H,14,15)(H,16,17)(H,18,19)/p-3. The molecule has 6 heteroatoms. The van der Waals surface area contributed by atoms with Crippen LogP contribution < -0.4 is 15.3 Å². The zero-order chi connectivity index (χ0) is 14.6. The van der Waals surface area contributed by atoms with Crippen molar-refractivity contribution in [2.24, 2.45) is 0 Å². The molecule has 0 aliphatic carbocycles. The van der Waals surface area contributed by atoms with E-state index >= 15 is 0 Å². The minimum Gasteiger partial charge on any atom is -0.545 e. The number of unbranched alkanes of at least 4 members (excludes halogenated alkanes) is 1. The predicted molar refractivity (Wildman–Crippen MR) is 58.0 cm³/mol. The van der Waals surface area contributed by atoms with Crippen molar-refractivity contribution < 1.29 is 29.7 Å². The number of carboxylic acids is 3. The highest BCUT2D eigenvalue weighted by Crippen LogP contribution is 2.21. The third-order valence-corrected chi connectivity index (χ3v) is 2.74. The van der Waals surface area contributed by atoms with E-state index in [0.717, 1.165) is 12.1 Å². The zero-order valence-electron chi connectivity index (χ0n) is 10.2. The van der Waals surface area contributed by atoms with Gasteiger partial charge in [0.25, 0.3) is 0 Å². The van der Waals surface area contributed by atoms with Crippen LogP contribution in [0, 0.1) is 0 Å². The van der Waals surface area contributed by atoms with Crippen molar-refractivity contribution in [2.75, 3.05) is 0 Å². The van der Waals surface area contributed by atoms with Gasteiger partial charge in [0.1, 0.15) is 0 Å². The monoisotopic (exact) mass is 263 g/mol. The Balaban J connectivity index is 3.56. The lowest BCUT2D eigenvalue weighted by atomic mass is 9.92. The summed E-state index contributed by atoms with van der Waals surface area (Å²) in [5.41, 5.74) is -1.66. The van der Waals surface area contributed by atoms with Crippen LogP contribution in [0.1, 0.15) is 56.4 Å². The lowest BCUT2D eigenvalue weighted by Gasteiger charge is -2.20. The number of carboxylic acid groups (broad SMARTS) is 3. The Labute approximate surface area is 109 Å². The van der Waals surface area contributed by atoms with Gasteiger partial charge in [0.15, 0.2) is 0 Å². The summed E-state index contributed by atoms with van der Waals surface area (Å²) in [6.07, 6.45) is 1.32. The van der Waals surface area contributed by atoms with Gasteiger partial charge in [-0.1, -0.05) is 25.5 Å². The van der Waals surface area contributed by atoms with E-state index in [1.807, 2.05) is 6.92 Å². The van der Waals surface area contributed by atoms with E-state index in [9.17, 15) is 29.7 Å². The van der Waals surface area contributed by atoms with Crippen LogP contribution in [-0.4, -0.2) is 17.9 Å². The first-order valence-electron chi connectivity index (χ1n) is 5.70. The van der Waals surface area contributed by atoms with Crippen LogP contribution in [0.25, 0.3) is 0 Å². The van der Waals surface area contributed by atoms with Crippen LogP contribution in [0.5, 0.6) is 0 Å². The van der Waals surface area contributed by atoms with Gasteiger partial charge in [-0.15, -0.1) is 0 Å². The SMILES string of the molecule is CCCCc1c(C(=O)[O-])ccc(C(=O)[O-])c1C(=O)[O-]. The smallest absolute Gasteiger partial charge is 0.0724 e. The molecule has 6 nitrogen and oxygen atoms in total. The number of rotatable bonds is 6. The maximum atomic E-state index is 11.1. The average Bonchev–Trinajstić information content (AvgIpc) is 2.34. The fourth-order valence-electron chi connectivity index (χ4n) is 1.86. The minimum absolute atomic E-state index is 0.0939. The largest absolute Gasteiger partial charge is 0.545 e. The van der Waals surface area contributed by atoms with E-state index < -0.39 is 29.0 Å². The van der Waals surface area contributed by atoms with Gasteiger partial charge in [-0.25, -0.2) is 0 Å². The molecule has 0 fully saturated rings. The molecule has 19 heavy (non-hydrogen) atoms. The van der Waals surface area contributed by atoms with Crippen LogP contribution in [-0.2, 0) is 6.42 Å². The van der Waals surface area contributed by atoms with Gasteiger partial charge < -0.3 is 29.7 Å². The fourth-order valence-corrected chi connectivity index (χ4v) is 1.86. The summed E-state index contributed by atoms with van der Waals surface area (Å²) >= 11 is 0. The highest BCUT2D eigenvalue weighted by Gasteiger charge is 2.15. The summed E-state index contributed by atoms with van der Waals surface area (Å²) in [7, 11) is 0. The van der Waals surface area contributed by atoms with Gasteiger partial charge in [0.2, 0.25) is 0 Å². The molecule has 1 aromatic rings. The van der Waals surface area contributed by atoms with Gasteiger partial charge in [-0.3, -0.25) is 0 Å². The van der Waals surface area contributed by atoms with Gasteiger partial charge >= 0.3 is 0 Å². The Hall–Kier alpha value is -2.37. The Morgan fingerprint density at radius 1 is 0.947 bits per heavy atom. The van der Waals surface area contributed by atoms with E-state index in [1.165, 1.54) is 0 Å². The second-order valence-corrected chi connectivity index (χ2v) is 3.98. The third kappa shape index (κ3) is 3.09. The third-order valence-electron chi connectivity index (χ3n) is 2.74. The maximum absolute atomic E-state index is 11.1. The molecule has 0 aliphatic heterocycles. The number of carbonyl (C=O) groups is 3. The summed E-state index contributed by atoms with van der Waals surface area (Å²) < 4.78 is 0. The van der Waals surface area contributed by atoms with Crippen molar-refractivity contribution >= 4 is 17.9 Å². The van der Waals surface area contributed by atoms with Crippen molar-refractivity contribution in [1.29, 1.82) is 0 Å². The molecule has 0 saturated heterocycles. The summed E-state index contributed by atoms with van der Waals surface area (Å²) in [6.45, 7) is 1.83. The van der Waals surface area contributed by atoms with Crippen molar-refractivity contribution in [1.82, 2.24) is 0 Å². The molecule has 0 aliphatic rings. The van der Waals surface area contributed by atoms with Crippen LogP contribution in [0.3, 0.4) is 0 Å². The van der Waals surface area contributed by atoms with Gasteiger partial charge in [0.05, 0.1) is 17.9 Å². The molecule has 0 aromatic heterocycles. The van der Waals surface area contributed by atoms with Crippen LogP contribution in [0.15, 0.2) is 12.1 Å². The van der Waals surface area contributed by atoms with Gasteiger partial charge in [-0.05, 0) is 18.4 Å². The van der Waals surface area contributed by atoms with Crippen molar-refractivity contribution in [3.63, 3.8) is 0 Å². The topological polar surface area (TPSA) is 120 Å². The normalized spacial score (nSPS) is 10.2. The quantitative estimate of drug-likeness (QED) is 0.592. The maximum Gasteiger partial charge on any atom is 0.0724 e. The van der Waals surface area contributed by atoms with Gasteiger partial charge in [-0.2, -0.15) is 0 Å². The predicted octanol–water partition coefficient (Wildman–Crippen LogP) is -1.88. The zero-order valence-corrected chi connectivity index (χ0v) is 10.2. The molecule has 1 aromatic carbocycles. The molecule has 0 N–H and O–H groups in total. The number of hydrogen-bond acceptors (Lipinski definition) is 6. The average molecular weight is 263 g/mol. The van der Waals surface area contributed by atoms with Crippen molar-refractivity contribution in [3.05, 3.63) is 34.4 Å². The van der Waals surface area contributed by atoms with Crippen LogP contribution in [0.4, 0.5) is 0 Å². The van der Waals surface area contributed by atoms with E-state index in [0.29, 0.717) is 12.8 Å². The van der Waals surface area contributed by atoms with Crippen LogP contribution in [0.2, 0.25) is 0 Å². The highest BCUT2D eigenvalue weighted by molar-refractivity contribution is 6.04. The summed E-state index contributed by atoms with van der Waals surface area (Å²) in [5, 5.41) is 32.9. The first kappa shape index (κ1) is 14.7. The Morgan fingerprint density at radius 2 is 1.47 bits per heavy atom. The number of aromatic carboxylic acids is 3. The number of benzene rings is 1. The van der Waals surface area contributed by atoms with E-state index in [2.05, 4.69) is 0 Å². The molecule has 0 heterocycles. The molecule has 0 spiro atoms. The second kappa shape index (κ2) is 5.99. The second-order valence-electron chi connectivity index (χ2n) is 3.98. The van der Waals surface area contributed by atoms with E-state index in [-0.39, 0.29) is 17.5 Å². The number of carbonyl (C=O) groups excluding carboxylic acids is 3. The van der Waals surface area contributed by atoms with E-state index in [1.54, 1.807) is 0 Å². The first-order chi connectivity index (χ1) is 8.90. The van der Waals surface area contributed by atoms with Crippen molar-refractivity contribution in [2.45, 2.75) is 26.2 Å². The summed E-state index contributed by atoms with van der Waals surface area (Å²) in [4.78, 5) is 32.9. The highest BCUT2D eigenvalue weighted by atomic mass is 16.4. The fraction of sp³-hybridized carbons (Fsp3) is 0.308. The molecule has 102 valence electrons. The Bertz CT molecular complexity index is 532. The molecule has 0 unspecified atom stereocenters.